The number of hydrogen-bond donors (Lipinski definition) is 1. The second-order valence-corrected chi connectivity index (χ2v) is 4.94. The molecule has 0 aliphatic rings. The molecule has 0 aromatic heterocycles. The molecule has 1 N–H and O–H groups in total. The number of nitriles is 1. The third-order valence-electron chi connectivity index (χ3n) is 2.80. The summed E-state index contributed by atoms with van der Waals surface area (Å²) in [5.41, 5.74) is 1.50. The maximum absolute atomic E-state index is 9.31. The lowest BCUT2D eigenvalue weighted by Crippen LogP contribution is -2.09. The fourth-order valence-electron chi connectivity index (χ4n) is 1.77. The van der Waals surface area contributed by atoms with Gasteiger partial charge in [-0.1, -0.05) is 29.3 Å². The molecule has 2 aromatic carbocycles. The fourth-order valence-corrected chi connectivity index (χ4v) is 2.29. The first kappa shape index (κ1) is 14.5. The van der Waals surface area contributed by atoms with Crippen molar-refractivity contribution in [2.45, 2.75) is 6.04 Å². The van der Waals surface area contributed by atoms with Crippen LogP contribution in [-0.2, 0) is 0 Å². The smallest absolute Gasteiger partial charge is 0.141 e. The first-order valence-corrected chi connectivity index (χ1v) is 6.65. The van der Waals surface area contributed by atoms with E-state index in [4.69, 9.17) is 27.9 Å². The Morgan fingerprint density at radius 1 is 1.15 bits per heavy atom. The van der Waals surface area contributed by atoms with Crippen LogP contribution >= 0.6 is 23.2 Å². The number of methoxy groups -OCH3 is 1. The van der Waals surface area contributed by atoms with Crippen molar-refractivity contribution in [2.24, 2.45) is 0 Å². The summed E-state index contributed by atoms with van der Waals surface area (Å²) >= 11 is 12.0. The molecule has 2 rings (SSSR count). The molecular weight excluding hydrogens is 295 g/mol. The van der Waals surface area contributed by atoms with Crippen molar-refractivity contribution in [3.8, 4) is 11.8 Å². The predicted octanol–water partition coefficient (Wildman–Crippen LogP) is 4.68. The van der Waals surface area contributed by atoms with Gasteiger partial charge in [-0.2, -0.15) is 5.26 Å². The maximum Gasteiger partial charge on any atom is 0.141 e. The van der Waals surface area contributed by atoms with Gasteiger partial charge in [0.25, 0.3) is 0 Å². The zero-order valence-corrected chi connectivity index (χ0v) is 12.2. The summed E-state index contributed by atoms with van der Waals surface area (Å²) < 4.78 is 5.09. The SMILES string of the molecule is COc1ccc(NC(C#N)c2ccc(Cl)cc2Cl)cc1. The van der Waals surface area contributed by atoms with E-state index in [9.17, 15) is 5.26 Å². The number of halogens is 2. The van der Waals surface area contributed by atoms with Crippen LogP contribution in [0.15, 0.2) is 42.5 Å². The van der Waals surface area contributed by atoms with Crippen molar-refractivity contribution in [1.29, 1.82) is 5.26 Å². The van der Waals surface area contributed by atoms with Gasteiger partial charge in [0, 0.05) is 21.3 Å². The number of benzene rings is 2. The average molecular weight is 307 g/mol. The van der Waals surface area contributed by atoms with Crippen LogP contribution in [0.25, 0.3) is 0 Å². The molecule has 0 bridgehead atoms. The van der Waals surface area contributed by atoms with E-state index in [0.29, 0.717) is 15.6 Å². The average Bonchev–Trinajstić information content (AvgIpc) is 2.46. The lowest BCUT2D eigenvalue weighted by atomic mass is 10.1. The number of hydrogen-bond acceptors (Lipinski definition) is 3. The molecule has 0 saturated carbocycles. The second-order valence-electron chi connectivity index (χ2n) is 4.10. The molecule has 102 valence electrons. The van der Waals surface area contributed by atoms with Gasteiger partial charge in [-0.05, 0) is 36.4 Å². The van der Waals surface area contributed by atoms with E-state index in [1.165, 1.54) is 0 Å². The molecular formula is C15H12Cl2N2O. The van der Waals surface area contributed by atoms with E-state index in [1.807, 2.05) is 24.3 Å². The number of ether oxygens (including phenoxy) is 1. The Bertz CT molecular complexity index is 635. The Morgan fingerprint density at radius 2 is 1.85 bits per heavy atom. The van der Waals surface area contributed by atoms with Gasteiger partial charge in [0.05, 0.1) is 13.2 Å². The van der Waals surface area contributed by atoms with Crippen molar-refractivity contribution in [2.75, 3.05) is 12.4 Å². The summed E-state index contributed by atoms with van der Waals surface area (Å²) in [5.74, 6) is 0.758. The normalized spacial score (nSPS) is 11.5. The summed E-state index contributed by atoms with van der Waals surface area (Å²) in [5, 5.41) is 13.4. The Balaban J connectivity index is 2.22. The molecule has 20 heavy (non-hydrogen) atoms. The minimum absolute atomic E-state index is 0.463. The molecule has 0 aliphatic heterocycles. The Morgan fingerprint density at radius 3 is 2.40 bits per heavy atom. The fraction of sp³-hybridized carbons (Fsp3) is 0.133. The van der Waals surface area contributed by atoms with Crippen LogP contribution in [-0.4, -0.2) is 7.11 Å². The van der Waals surface area contributed by atoms with Gasteiger partial charge in [0.2, 0.25) is 0 Å². The van der Waals surface area contributed by atoms with Crippen LogP contribution in [0.3, 0.4) is 0 Å². The van der Waals surface area contributed by atoms with Gasteiger partial charge < -0.3 is 10.1 Å². The lowest BCUT2D eigenvalue weighted by molar-refractivity contribution is 0.415. The summed E-state index contributed by atoms with van der Waals surface area (Å²) in [7, 11) is 1.61. The van der Waals surface area contributed by atoms with Gasteiger partial charge in [0.15, 0.2) is 0 Å². The van der Waals surface area contributed by atoms with Crippen molar-refractivity contribution < 1.29 is 4.74 Å². The van der Waals surface area contributed by atoms with Gasteiger partial charge in [-0.25, -0.2) is 0 Å². The summed E-state index contributed by atoms with van der Waals surface area (Å²) in [6.07, 6.45) is 0. The Labute approximate surface area is 127 Å². The van der Waals surface area contributed by atoms with E-state index < -0.39 is 6.04 Å². The largest absolute Gasteiger partial charge is 0.497 e. The van der Waals surface area contributed by atoms with E-state index in [-0.39, 0.29) is 0 Å². The van der Waals surface area contributed by atoms with Gasteiger partial charge in [0.1, 0.15) is 11.8 Å². The Kier molecular flexibility index (Phi) is 4.73. The van der Waals surface area contributed by atoms with E-state index >= 15 is 0 Å². The van der Waals surface area contributed by atoms with Crippen molar-refractivity contribution in [3.05, 3.63) is 58.1 Å². The first-order chi connectivity index (χ1) is 9.63. The van der Waals surface area contributed by atoms with Crippen LogP contribution < -0.4 is 10.1 Å². The molecule has 3 nitrogen and oxygen atoms in total. The standard InChI is InChI=1S/C15H12Cl2N2O/c1-20-12-5-3-11(4-6-12)19-15(9-18)13-7-2-10(16)8-14(13)17/h2-8,15,19H,1H3. The summed E-state index contributed by atoms with van der Waals surface area (Å²) in [6, 6.07) is 14.0. The molecule has 1 atom stereocenters. The van der Waals surface area contributed by atoms with E-state index in [2.05, 4.69) is 11.4 Å². The van der Waals surface area contributed by atoms with Crippen LogP contribution in [0, 0.1) is 11.3 Å². The zero-order valence-electron chi connectivity index (χ0n) is 10.7. The lowest BCUT2D eigenvalue weighted by Gasteiger charge is -2.15. The molecule has 5 heteroatoms. The second kappa shape index (κ2) is 6.51. The van der Waals surface area contributed by atoms with Crippen LogP contribution in [0.2, 0.25) is 10.0 Å². The molecule has 2 aromatic rings. The molecule has 0 heterocycles. The monoisotopic (exact) mass is 306 g/mol. The summed E-state index contributed by atoms with van der Waals surface area (Å²) in [4.78, 5) is 0. The predicted molar refractivity (Wildman–Crippen MR) is 81.4 cm³/mol. The highest BCUT2D eigenvalue weighted by Crippen LogP contribution is 2.28. The molecule has 0 radical (unpaired) electrons. The van der Waals surface area contributed by atoms with Crippen LogP contribution in [0.4, 0.5) is 5.69 Å². The van der Waals surface area contributed by atoms with E-state index in [1.54, 1.807) is 25.3 Å². The molecule has 0 fully saturated rings. The third kappa shape index (κ3) is 3.36. The molecule has 0 saturated heterocycles. The molecule has 0 amide bonds. The highest BCUT2D eigenvalue weighted by Gasteiger charge is 2.14. The topological polar surface area (TPSA) is 45.0 Å². The molecule has 1 unspecified atom stereocenters. The van der Waals surface area contributed by atoms with Crippen LogP contribution in [0.5, 0.6) is 5.75 Å². The molecule has 0 aliphatic carbocycles. The highest BCUT2D eigenvalue weighted by molar-refractivity contribution is 6.35. The first-order valence-electron chi connectivity index (χ1n) is 5.89. The number of anilines is 1. The minimum Gasteiger partial charge on any atom is -0.497 e. The van der Waals surface area contributed by atoms with Crippen LogP contribution in [0.1, 0.15) is 11.6 Å². The maximum atomic E-state index is 9.31. The molecule has 0 spiro atoms. The van der Waals surface area contributed by atoms with Gasteiger partial charge in [-0.15, -0.1) is 0 Å². The van der Waals surface area contributed by atoms with E-state index in [0.717, 1.165) is 11.4 Å². The third-order valence-corrected chi connectivity index (χ3v) is 3.37. The number of rotatable bonds is 4. The minimum atomic E-state index is -0.548. The summed E-state index contributed by atoms with van der Waals surface area (Å²) in [6.45, 7) is 0. The number of nitrogens with zero attached hydrogens (tertiary/aromatic N) is 1. The highest BCUT2D eigenvalue weighted by atomic mass is 35.5. The Hall–Kier alpha value is -1.89. The van der Waals surface area contributed by atoms with Gasteiger partial charge >= 0.3 is 0 Å². The van der Waals surface area contributed by atoms with Crippen molar-refractivity contribution >= 4 is 28.9 Å². The quantitative estimate of drug-likeness (QED) is 0.892. The zero-order chi connectivity index (χ0) is 14.5. The van der Waals surface area contributed by atoms with Gasteiger partial charge in [-0.3, -0.25) is 0 Å². The van der Waals surface area contributed by atoms with Crippen molar-refractivity contribution in [1.82, 2.24) is 0 Å². The number of nitrogens with one attached hydrogen (secondary N) is 1. The van der Waals surface area contributed by atoms with Crippen molar-refractivity contribution in [3.63, 3.8) is 0 Å².